The molecule has 0 radical (unpaired) electrons. The molecule has 588 valence electrons. The highest BCUT2D eigenvalue weighted by atomic mass is 31.2. The molecule has 0 spiro atoms. The molecule has 0 amide bonds. The van der Waals surface area contributed by atoms with Crippen LogP contribution in [0.4, 0.5) is 0 Å². The molecule has 0 saturated heterocycles. The minimum Gasteiger partial charge on any atom is -0.462 e. The average molecular weight is 1450 g/mol. The van der Waals surface area contributed by atoms with Crippen LogP contribution in [0.3, 0.4) is 0 Å². The van der Waals surface area contributed by atoms with E-state index in [-0.39, 0.29) is 25.7 Å². The lowest BCUT2D eigenvalue weighted by molar-refractivity contribution is -0.161. The number of aliphatic hydroxyl groups is 1. The highest BCUT2D eigenvalue weighted by Crippen LogP contribution is 2.45. The van der Waals surface area contributed by atoms with Gasteiger partial charge in [-0.1, -0.05) is 369 Å². The van der Waals surface area contributed by atoms with Crippen LogP contribution in [-0.2, 0) is 65.4 Å². The van der Waals surface area contributed by atoms with Crippen LogP contribution in [0.2, 0.25) is 0 Å². The molecule has 19 heteroatoms. The predicted molar refractivity (Wildman–Crippen MR) is 405 cm³/mol. The van der Waals surface area contributed by atoms with Gasteiger partial charge in [-0.25, -0.2) is 9.13 Å². The van der Waals surface area contributed by atoms with Gasteiger partial charge in [0, 0.05) is 25.7 Å². The van der Waals surface area contributed by atoms with Gasteiger partial charge in [0.1, 0.15) is 19.3 Å². The van der Waals surface area contributed by atoms with Crippen molar-refractivity contribution in [3.8, 4) is 0 Å². The van der Waals surface area contributed by atoms with Gasteiger partial charge in [0.25, 0.3) is 0 Å². The number of phosphoric ester groups is 2. The van der Waals surface area contributed by atoms with Crippen LogP contribution in [-0.4, -0.2) is 96.7 Å². The predicted octanol–water partition coefficient (Wildman–Crippen LogP) is 23.9. The zero-order chi connectivity index (χ0) is 72.8. The number of aliphatic hydroxyl groups excluding tert-OH is 1. The van der Waals surface area contributed by atoms with Crippen LogP contribution in [0.5, 0.6) is 0 Å². The second-order valence-corrected chi connectivity index (χ2v) is 32.7. The maximum atomic E-state index is 13.1. The number of hydrogen-bond donors (Lipinski definition) is 3. The number of carbonyl (C=O) groups is 4. The number of ether oxygens (including phenoxy) is 4. The quantitative estimate of drug-likeness (QED) is 0.0222. The minimum absolute atomic E-state index is 0.107. The van der Waals surface area contributed by atoms with E-state index in [0.29, 0.717) is 25.7 Å². The van der Waals surface area contributed by atoms with Gasteiger partial charge in [-0.15, -0.1) is 0 Å². The maximum absolute atomic E-state index is 13.1. The molecule has 0 fully saturated rings. The number of unbranched alkanes of at least 4 members (excludes halogenated alkanes) is 49. The van der Waals surface area contributed by atoms with Crippen LogP contribution >= 0.6 is 15.6 Å². The summed E-state index contributed by atoms with van der Waals surface area (Å²) in [6.07, 6.45) is 61.0. The van der Waals surface area contributed by atoms with E-state index in [0.717, 1.165) is 102 Å². The summed E-state index contributed by atoms with van der Waals surface area (Å²) in [7, 11) is -9.92. The number of carbonyl (C=O) groups excluding carboxylic acids is 4. The van der Waals surface area contributed by atoms with E-state index < -0.39 is 97.5 Å². The molecule has 3 N–H and O–H groups in total. The summed E-state index contributed by atoms with van der Waals surface area (Å²) < 4.78 is 68.7. The molecule has 0 aromatic rings. The van der Waals surface area contributed by atoms with Crippen molar-refractivity contribution in [1.29, 1.82) is 0 Å². The van der Waals surface area contributed by atoms with Crippen molar-refractivity contribution in [2.24, 2.45) is 11.8 Å². The molecule has 0 aliphatic carbocycles. The summed E-state index contributed by atoms with van der Waals surface area (Å²) >= 11 is 0. The Morgan fingerprint density at radius 3 is 0.687 bits per heavy atom. The standard InChI is InChI=1S/C80H156O17P2/c1-7-9-11-13-15-17-19-27-32-38-44-50-56-62-77(82)90-68-75(96-80(85)65-59-53-47-40-34-30-26-24-22-21-23-25-29-31-36-42-48-54-60-72(3)4)70-94-98(86,87)92-66-74(81)67-93-99(88,89)95-71-76(69-91-78(83)63-57-51-45-41-35-37-43-49-55-61-73(5)6)97-79(84)64-58-52-46-39-33-28-20-18-16-14-12-10-8-2/h72-76,81H,7-71H2,1-6H3,(H,86,87)(H,88,89)/t74-,75-,76-/m1/s1. The highest BCUT2D eigenvalue weighted by molar-refractivity contribution is 7.47. The van der Waals surface area contributed by atoms with E-state index in [1.807, 2.05) is 0 Å². The Kier molecular flexibility index (Phi) is 70.3. The molecular formula is C80H156O17P2. The van der Waals surface area contributed by atoms with E-state index in [4.69, 9.17) is 37.0 Å². The molecule has 2 unspecified atom stereocenters. The van der Waals surface area contributed by atoms with Crippen LogP contribution < -0.4 is 0 Å². The molecule has 17 nitrogen and oxygen atoms in total. The van der Waals surface area contributed by atoms with Crippen LogP contribution in [0.1, 0.15) is 420 Å². The third-order valence-corrected chi connectivity index (χ3v) is 20.6. The molecule has 0 saturated carbocycles. The largest absolute Gasteiger partial charge is 0.472 e. The second-order valence-electron chi connectivity index (χ2n) is 29.8. The normalized spacial score (nSPS) is 13.9. The highest BCUT2D eigenvalue weighted by Gasteiger charge is 2.30. The van der Waals surface area contributed by atoms with Gasteiger partial charge in [0.15, 0.2) is 12.2 Å². The number of hydrogen-bond acceptors (Lipinski definition) is 15. The van der Waals surface area contributed by atoms with Crippen LogP contribution in [0.15, 0.2) is 0 Å². The Bertz CT molecular complexity index is 1910. The minimum atomic E-state index is -4.96. The summed E-state index contributed by atoms with van der Waals surface area (Å²) in [5.74, 6) is -0.544. The van der Waals surface area contributed by atoms with E-state index in [9.17, 15) is 43.2 Å². The van der Waals surface area contributed by atoms with E-state index >= 15 is 0 Å². The molecule has 5 atom stereocenters. The lowest BCUT2D eigenvalue weighted by atomic mass is 10.0. The molecule has 0 aromatic carbocycles. The first kappa shape index (κ1) is 97.1. The van der Waals surface area contributed by atoms with Gasteiger partial charge < -0.3 is 33.8 Å². The van der Waals surface area contributed by atoms with Crippen molar-refractivity contribution in [2.45, 2.75) is 439 Å². The summed E-state index contributed by atoms with van der Waals surface area (Å²) in [5.41, 5.74) is 0. The van der Waals surface area contributed by atoms with Crippen LogP contribution in [0, 0.1) is 11.8 Å². The fraction of sp³-hybridized carbons (Fsp3) is 0.950. The molecule has 0 bridgehead atoms. The third-order valence-electron chi connectivity index (χ3n) is 18.7. The van der Waals surface area contributed by atoms with Gasteiger partial charge >= 0.3 is 39.5 Å². The first-order valence-corrected chi connectivity index (χ1v) is 44.5. The number of esters is 4. The lowest BCUT2D eigenvalue weighted by Crippen LogP contribution is -2.30. The molecule has 0 aliphatic heterocycles. The second kappa shape index (κ2) is 71.7. The summed E-state index contributed by atoms with van der Waals surface area (Å²) in [6, 6.07) is 0. The Labute approximate surface area is 607 Å². The van der Waals surface area contributed by atoms with Gasteiger partial charge in [-0.05, 0) is 37.5 Å². The zero-order valence-electron chi connectivity index (χ0n) is 64.8. The smallest absolute Gasteiger partial charge is 0.462 e. The van der Waals surface area contributed by atoms with Gasteiger partial charge in [-0.2, -0.15) is 0 Å². The molecule has 0 heterocycles. The molecule has 99 heavy (non-hydrogen) atoms. The Balaban J connectivity index is 5.22. The van der Waals surface area contributed by atoms with E-state index in [2.05, 4.69) is 41.5 Å². The Morgan fingerprint density at radius 2 is 0.465 bits per heavy atom. The average Bonchev–Trinajstić information content (AvgIpc) is 1.05. The van der Waals surface area contributed by atoms with E-state index in [1.54, 1.807) is 0 Å². The van der Waals surface area contributed by atoms with Crippen molar-refractivity contribution >= 4 is 39.5 Å². The van der Waals surface area contributed by atoms with Gasteiger partial charge in [-0.3, -0.25) is 37.3 Å². The monoisotopic (exact) mass is 1450 g/mol. The Hall–Kier alpha value is -1.94. The van der Waals surface area contributed by atoms with Crippen LogP contribution in [0.25, 0.3) is 0 Å². The maximum Gasteiger partial charge on any atom is 0.472 e. The van der Waals surface area contributed by atoms with E-state index in [1.165, 1.54) is 238 Å². The fourth-order valence-corrected chi connectivity index (χ4v) is 13.9. The fourth-order valence-electron chi connectivity index (χ4n) is 12.4. The van der Waals surface area contributed by atoms with Crippen molar-refractivity contribution < 1.29 is 80.2 Å². The van der Waals surface area contributed by atoms with Crippen molar-refractivity contribution in [1.82, 2.24) is 0 Å². The zero-order valence-corrected chi connectivity index (χ0v) is 66.6. The third kappa shape index (κ3) is 74.1. The first-order chi connectivity index (χ1) is 47.9. The van der Waals surface area contributed by atoms with Crippen molar-refractivity contribution in [2.75, 3.05) is 39.6 Å². The number of phosphoric acid groups is 2. The van der Waals surface area contributed by atoms with Gasteiger partial charge in [0.05, 0.1) is 26.4 Å². The topological polar surface area (TPSA) is 237 Å². The summed E-state index contributed by atoms with van der Waals surface area (Å²) in [5, 5.41) is 10.6. The molecule has 0 aromatic heterocycles. The SMILES string of the molecule is CCCCCCCCCCCCCCCC(=O)OC[C@H](COP(=O)(O)OC[C@@H](O)COP(=O)(O)OC[C@@H](COC(=O)CCCCCCCCCCCC(C)C)OC(=O)CCCCCCCCCCCCCCC)OC(=O)CCCCCCCCCCCCCCCCCCCCC(C)C. The lowest BCUT2D eigenvalue weighted by Gasteiger charge is -2.21. The molecule has 0 rings (SSSR count). The first-order valence-electron chi connectivity index (χ1n) is 41.5. The summed E-state index contributed by atoms with van der Waals surface area (Å²) in [6.45, 7) is 9.65. The van der Waals surface area contributed by atoms with Crippen molar-refractivity contribution in [3.05, 3.63) is 0 Å². The van der Waals surface area contributed by atoms with Gasteiger partial charge in [0.2, 0.25) is 0 Å². The molecular weight excluding hydrogens is 1290 g/mol. The number of rotatable bonds is 79. The van der Waals surface area contributed by atoms with Crippen molar-refractivity contribution in [3.63, 3.8) is 0 Å². The Morgan fingerprint density at radius 1 is 0.273 bits per heavy atom. The molecule has 0 aliphatic rings. The summed E-state index contributed by atoms with van der Waals surface area (Å²) in [4.78, 5) is 73.0.